The molecule has 0 spiro atoms. The minimum atomic E-state index is -4.54. The molecule has 0 bridgehead atoms. The number of nitrogens with zero attached hydrogens (tertiary/aromatic N) is 3. The minimum Gasteiger partial charge on any atom is -0.326 e. The lowest BCUT2D eigenvalue weighted by molar-refractivity contribution is -0.137. The number of aromatic nitrogens is 3. The summed E-state index contributed by atoms with van der Waals surface area (Å²) in [6.07, 6.45) is -3.00. The molecule has 0 saturated heterocycles. The summed E-state index contributed by atoms with van der Waals surface area (Å²) in [6, 6.07) is 4.91. The number of carbonyl (C=O) groups is 1. The standard InChI is InChI=1S/C19H20F3N5O.2ClH/c1-10(2)27-17-16(9-24-27)15(4-11(3)25-17)18(28)26-14-6-12(8-23)5-13(7-14)19(20,21)22;;/h4-7,9-10H,8,23H2,1-3H3,(H,26,28);2*1H. The van der Waals surface area contributed by atoms with Crippen LogP contribution in [0.3, 0.4) is 0 Å². The normalized spacial score (nSPS) is 11.2. The summed E-state index contributed by atoms with van der Waals surface area (Å²) in [7, 11) is 0. The first-order chi connectivity index (χ1) is 13.1. The Hall–Kier alpha value is -2.36. The van der Waals surface area contributed by atoms with Gasteiger partial charge < -0.3 is 11.1 Å². The maximum Gasteiger partial charge on any atom is 0.416 e. The maximum atomic E-state index is 13.1. The fraction of sp³-hybridized carbons (Fsp3) is 0.316. The van der Waals surface area contributed by atoms with Gasteiger partial charge in [-0.25, -0.2) is 9.67 Å². The molecule has 0 fully saturated rings. The first kappa shape index (κ1) is 25.7. The SMILES string of the molecule is Cc1cc(C(=O)Nc2cc(CN)cc(C(F)(F)F)c2)c2cnn(C(C)C)c2n1.Cl.Cl. The molecule has 164 valence electrons. The van der Waals surface area contributed by atoms with Gasteiger partial charge in [0, 0.05) is 24.0 Å². The van der Waals surface area contributed by atoms with Crippen LogP contribution in [0.25, 0.3) is 11.0 Å². The molecule has 3 N–H and O–H groups in total. The van der Waals surface area contributed by atoms with Crippen LogP contribution < -0.4 is 11.1 Å². The van der Waals surface area contributed by atoms with Gasteiger partial charge in [-0.1, -0.05) is 0 Å². The van der Waals surface area contributed by atoms with Crippen LogP contribution in [0.2, 0.25) is 0 Å². The second-order valence-electron chi connectivity index (χ2n) is 6.81. The van der Waals surface area contributed by atoms with Crippen LogP contribution in [0.5, 0.6) is 0 Å². The van der Waals surface area contributed by atoms with Gasteiger partial charge in [-0.3, -0.25) is 4.79 Å². The van der Waals surface area contributed by atoms with Gasteiger partial charge in [0.05, 0.1) is 22.7 Å². The number of amides is 1. The van der Waals surface area contributed by atoms with E-state index in [0.29, 0.717) is 22.3 Å². The number of carbonyl (C=O) groups excluding carboxylic acids is 1. The second kappa shape index (κ2) is 9.63. The second-order valence-corrected chi connectivity index (χ2v) is 6.81. The van der Waals surface area contributed by atoms with Crippen molar-refractivity contribution in [2.75, 3.05) is 5.32 Å². The number of benzene rings is 1. The number of aryl methyl sites for hydroxylation is 1. The third-order valence-corrected chi connectivity index (χ3v) is 4.24. The average Bonchev–Trinajstić information content (AvgIpc) is 3.03. The van der Waals surface area contributed by atoms with E-state index < -0.39 is 17.6 Å². The molecule has 0 unspecified atom stereocenters. The molecule has 0 atom stereocenters. The van der Waals surface area contributed by atoms with Crippen LogP contribution in [-0.4, -0.2) is 20.7 Å². The van der Waals surface area contributed by atoms with E-state index in [4.69, 9.17) is 5.73 Å². The third kappa shape index (κ3) is 5.21. The van der Waals surface area contributed by atoms with Crippen molar-refractivity contribution >= 4 is 47.4 Å². The van der Waals surface area contributed by atoms with Gasteiger partial charge >= 0.3 is 6.18 Å². The number of hydrogen-bond donors (Lipinski definition) is 2. The van der Waals surface area contributed by atoms with E-state index in [1.165, 1.54) is 12.3 Å². The molecule has 2 heterocycles. The number of anilines is 1. The predicted molar refractivity (Wildman–Crippen MR) is 114 cm³/mol. The lowest BCUT2D eigenvalue weighted by atomic mass is 10.1. The maximum absolute atomic E-state index is 13.1. The van der Waals surface area contributed by atoms with Gasteiger partial charge in [-0.15, -0.1) is 24.8 Å². The Morgan fingerprint density at radius 3 is 2.43 bits per heavy atom. The number of halogens is 5. The molecular formula is C19H22Cl2F3N5O. The Balaban J connectivity index is 0.00000225. The average molecular weight is 464 g/mol. The van der Waals surface area contributed by atoms with Crippen molar-refractivity contribution in [3.05, 3.63) is 52.8 Å². The van der Waals surface area contributed by atoms with E-state index in [1.807, 2.05) is 13.8 Å². The molecular weight excluding hydrogens is 442 g/mol. The van der Waals surface area contributed by atoms with E-state index in [2.05, 4.69) is 15.4 Å². The quantitative estimate of drug-likeness (QED) is 0.576. The molecule has 1 aromatic carbocycles. The lowest BCUT2D eigenvalue weighted by Gasteiger charge is -2.13. The van der Waals surface area contributed by atoms with Crippen molar-refractivity contribution in [1.29, 1.82) is 0 Å². The van der Waals surface area contributed by atoms with E-state index in [9.17, 15) is 18.0 Å². The highest BCUT2D eigenvalue weighted by molar-refractivity contribution is 6.12. The molecule has 0 saturated carbocycles. The number of pyridine rings is 1. The zero-order chi connectivity index (χ0) is 20.6. The first-order valence-corrected chi connectivity index (χ1v) is 8.67. The molecule has 3 rings (SSSR count). The summed E-state index contributed by atoms with van der Waals surface area (Å²) >= 11 is 0. The smallest absolute Gasteiger partial charge is 0.326 e. The largest absolute Gasteiger partial charge is 0.416 e. The summed E-state index contributed by atoms with van der Waals surface area (Å²) in [6.45, 7) is 5.54. The Morgan fingerprint density at radius 2 is 1.87 bits per heavy atom. The van der Waals surface area contributed by atoms with E-state index in [1.54, 1.807) is 17.7 Å². The Labute approximate surface area is 183 Å². The molecule has 0 aliphatic rings. The molecule has 0 aliphatic carbocycles. The van der Waals surface area contributed by atoms with E-state index in [-0.39, 0.29) is 48.7 Å². The highest BCUT2D eigenvalue weighted by Crippen LogP contribution is 2.32. The minimum absolute atomic E-state index is 0. The molecule has 3 aromatic rings. The van der Waals surface area contributed by atoms with E-state index in [0.717, 1.165) is 12.1 Å². The summed E-state index contributed by atoms with van der Waals surface area (Å²) in [4.78, 5) is 17.3. The fourth-order valence-electron chi connectivity index (χ4n) is 2.95. The zero-order valence-corrected chi connectivity index (χ0v) is 18.1. The summed E-state index contributed by atoms with van der Waals surface area (Å²) in [5.41, 5.74) is 6.38. The number of nitrogens with two attached hydrogens (primary N) is 1. The summed E-state index contributed by atoms with van der Waals surface area (Å²) in [5, 5.41) is 7.34. The number of alkyl halides is 3. The van der Waals surface area contributed by atoms with Crippen molar-refractivity contribution in [2.24, 2.45) is 5.73 Å². The fourth-order valence-corrected chi connectivity index (χ4v) is 2.95. The number of nitrogens with one attached hydrogen (secondary N) is 1. The van der Waals surface area contributed by atoms with Crippen molar-refractivity contribution in [2.45, 2.75) is 39.5 Å². The van der Waals surface area contributed by atoms with Crippen molar-refractivity contribution in [3.8, 4) is 0 Å². The number of fused-ring (bicyclic) bond motifs is 1. The molecule has 2 aromatic heterocycles. The van der Waals surface area contributed by atoms with Crippen molar-refractivity contribution in [1.82, 2.24) is 14.8 Å². The van der Waals surface area contributed by atoms with Crippen LogP contribution >= 0.6 is 24.8 Å². The van der Waals surface area contributed by atoms with Crippen LogP contribution in [0.15, 0.2) is 30.5 Å². The van der Waals surface area contributed by atoms with Crippen molar-refractivity contribution in [3.63, 3.8) is 0 Å². The van der Waals surface area contributed by atoms with Gasteiger partial charge in [0.25, 0.3) is 5.91 Å². The highest BCUT2D eigenvalue weighted by Gasteiger charge is 2.31. The Morgan fingerprint density at radius 1 is 1.20 bits per heavy atom. The number of hydrogen-bond acceptors (Lipinski definition) is 4. The summed E-state index contributed by atoms with van der Waals surface area (Å²) in [5.74, 6) is -0.541. The molecule has 30 heavy (non-hydrogen) atoms. The monoisotopic (exact) mass is 463 g/mol. The van der Waals surface area contributed by atoms with Crippen LogP contribution in [0, 0.1) is 6.92 Å². The molecule has 0 radical (unpaired) electrons. The molecule has 6 nitrogen and oxygen atoms in total. The van der Waals surface area contributed by atoms with Gasteiger partial charge in [0.1, 0.15) is 0 Å². The topological polar surface area (TPSA) is 85.8 Å². The molecule has 11 heteroatoms. The first-order valence-electron chi connectivity index (χ1n) is 8.67. The van der Waals surface area contributed by atoms with Gasteiger partial charge in [-0.2, -0.15) is 18.3 Å². The summed E-state index contributed by atoms with van der Waals surface area (Å²) < 4.78 is 41.0. The Kier molecular flexibility index (Phi) is 8.24. The van der Waals surface area contributed by atoms with Gasteiger partial charge in [0.2, 0.25) is 0 Å². The van der Waals surface area contributed by atoms with Gasteiger partial charge in [0.15, 0.2) is 5.65 Å². The van der Waals surface area contributed by atoms with Crippen LogP contribution in [0.4, 0.5) is 18.9 Å². The van der Waals surface area contributed by atoms with Gasteiger partial charge in [-0.05, 0) is 50.6 Å². The Bertz CT molecular complexity index is 1050. The van der Waals surface area contributed by atoms with Crippen LogP contribution in [-0.2, 0) is 12.7 Å². The highest BCUT2D eigenvalue weighted by atomic mass is 35.5. The number of rotatable bonds is 4. The van der Waals surface area contributed by atoms with Crippen LogP contribution in [0.1, 0.15) is 47.1 Å². The zero-order valence-electron chi connectivity index (χ0n) is 16.4. The van der Waals surface area contributed by atoms with E-state index >= 15 is 0 Å². The third-order valence-electron chi connectivity index (χ3n) is 4.24. The molecule has 0 aliphatic heterocycles. The molecule has 1 amide bonds. The lowest BCUT2D eigenvalue weighted by Crippen LogP contribution is -2.15. The predicted octanol–water partition coefficient (Wildman–Crippen LogP) is 4.89. The van der Waals surface area contributed by atoms with Crippen molar-refractivity contribution < 1.29 is 18.0 Å².